The Morgan fingerprint density at radius 3 is 1.55 bits per heavy atom. The number of benzene rings is 5. The molecule has 0 fully saturated rings. The molecule has 0 aliphatic carbocycles. The van der Waals surface area contributed by atoms with Gasteiger partial charge in [-0.3, -0.25) is 4.98 Å². The Morgan fingerprint density at radius 1 is 0.525 bits per heavy atom. The first-order valence-corrected chi connectivity index (χ1v) is 13.3. The number of nitrogens with zero attached hydrogens (tertiary/aromatic N) is 4. The number of nitriles is 1. The summed E-state index contributed by atoms with van der Waals surface area (Å²) in [5.41, 5.74) is 8.61. The van der Waals surface area contributed by atoms with E-state index in [2.05, 4.69) is 118 Å². The van der Waals surface area contributed by atoms with E-state index in [0.717, 1.165) is 55.5 Å². The van der Waals surface area contributed by atoms with Gasteiger partial charge in [0.25, 0.3) is 0 Å². The summed E-state index contributed by atoms with van der Waals surface area (Å²) in [6.07, 6.45) is 1.86. The van der Waals surface area contributed by atoms with E-state index in [1.165, 1.54) is 10.8 Å². The molecule has 5 aromatic carbocycles. The van der Waals surface area contributed by atoms with Crippen LogP contribution in [0.1, 0.15) is 5.56 Å². The summed E-state index contributed by atoms with van der Waals surface area (Å²) in [7, 11) is 0. The second kappa shape index (κ2) is 8.69. The fourth-order valence-corrected chi connectivity index (χ4v) is 6.15. The molecule has 8 aromatic rings. The fourth-order valence-electron chi connectivity index (χ4n) is 6.15. The van der Waals surface area contributed by atoms with Gasteiger partial charge in [0.15, 0.2) is 0 Å². The van der Waals surface area contributed by atoms with Crippen LogP contribution in [-0.2, 0) is 0 Å². The van der Waals surface area contributed by atoms with E-state index in [0.29, 0.717) is 5.56 Å². The molecule has 0 aliphatic heterocycles. The van der Waals surface area contributed by atoms with Gasteiger partial charge in [0.1, 0.15) is 6.07 Å². The van der Waals surface area contributed by atoms with Crippen LogP contribution >= 0.6 is 0 Å². The van der Waals surface area contributed by atoms with Crippen LogP contribution in [0, 0.1) is 11.3 Å². The topological polar surface area (TPSA) is 46.5 Å². The highest BCUT2D eigenvalue weighted by molar-refractivity contribution is 6.10. The lowest BCUT2D eigenvalue weighted by Crippen LogP contribution is -2.02. The van der Waals surface area contributed by atoms with Gasteiger partial charge in [-0.15, -0.1) is 0 Å². The minimum atomic E-state index is 0.605. The highest BCUT2D eigenvalue weighted by Crippen LogP contribution is 2.38. The lowest BCUT2D eigenvalue weighted by Gasteiger charge is -2.16. The van der Waals surface area contributed by atoms with Crippen molar-refractivity contribution in [3.63, 3.8) is 0 Å². The fraction of sp³-hybridized carbons (Fsp3) is 0. The van der Waals surface area contributed by atoms with Gasteiger partial charge in [0.05, 0.1) is 39.0 Å². The first-order chi connectivity index (χ1) is 19.8. The van der Waals surface area contributed by atoms with E-state index in [4.69, 9.17) is 4.98 Å². The highest BCUT2D eigenvalue weighted by atomic mass is 15.0. The largest absolute Gasteiger partial charge is 0.309 e. The van der Waals surface area contributed by atoms with Crippen molar-refractivity contribution in [3.05, 3.63) is 139 Å². The maximum absolute atomic E-state index is 10.3. The molecule has 0 unspecified atom stereocenters. The van der Waals surface area contributed by atoms with Gasteiger partial charge >= 0.3 is 0 Å². The highest BCUT2D eigenvalue weighted by Gasteiger charge is 2.20. The molecule has 3 aromatic heterocycles. The number of rotatable bonds is 3. The van der Waals surface area contributed by atoms with E-state index in [1.54, 1.807) is 0 Å². The van der Waals surface area contributed by atoms with Crippen LogP contribution in [0.5, 0.6) is 0 Å². The standard InChI is InChI=1S/C36H22N4/c37-23-24-10-9-15-30(36(24)40-34-18-7-3-13-28(34)29-14-4-8-19-35(29)40)31-22-25(20-21-38-31)39-32-16-5-1-11-26(32)27-12-2-6-17-33(27)39/h1-22H. The zero-order chi connectivity index (χ0) is 26.6. The van der Waals surface area contributed by atoms with Crippen LogP contribution in [-0.4, -0.2) is 14.1 Å². The summed E-state index contributed by atoms with van der Waals surface area (Å²) >= 11 is 0. The Balaban J connectivity index is 1.43. The lowest BCUT2D eigenvalue weighted by molar-refractivity contribution is 1.14. The van der Waals surface area contributed by atoms with Gasteiger partial charge in [-0.05, 0) is 42.5 Å². The molecule has 40 heavy (non-hydrogen) atoms. The minimum Gasteiger partial charge on any atom is -0.309 e. The number of hydrogen-bond acceptors (Lipinski definition) is 2. The van der Waals surface area contributed by atoms with Crippen LogP contribution in [0.25, 0.3) is 66.2 Å². The van der Waals surface area contributed by atoms with Gasteiger partial charge in [0, 0.05) is 39.0 Å². The van der Waals surface area contributed by atoms with Crippen molar-refractivity contribution in [2.45, 2.75) is 0 Å². The number of aromatic nitrogens is 3. The molecule has 0 bridgehead atoms. The second-order valence-corrected chi connectivity index (χ2v) is 9.95. The molecule has 0 amide bonds. The van der Waals surface area contributed by atoms with Crippen LogP contribution in [0.3, 0.4) is 0 Å². The molecule has 4 heteroatoms. The van der Waals surface area contributed by atoms with Crippen molar-refractivity contribution in [1.29, 1.82) is 5.26 Å². The Hall–Kier alpha value is -5.66. The van der Waals surface area contributed by atoms with E-state index in [9.17, 15) is 5.26 Å². The monoisotopic (exact) mass is 510 g/mol. The lowest BCUT2D eigenvalue weighted by atomic mass is 10.0. The SMILES string of the molecule is N#Cc1cccc(-c2cc(-n3c4ccccc4c4ccccc43)ccn2)c1-n1c2ccccc2c2ccccc21. The molecule has 0 N–H and O–H groups in total. The van der Waals surface area contributed by atoms with Gasteiger partial charge < -0.3 is 9.13 Å². The molecular weight excluding hydrogens is 488 g/mol. The molecule has 186 valence electrons. The third-order valence-electron chi connectivity index (χ3n) is 7.82. The smallest absolute Gasteiger partial charge is 0.101 e. The Kier molecular flexibility index (Phi) is 4.85. The first-order valence-electron chi connectivity index (χ1n) is 13.3. The Morgan fingerprint density at radius 2 is 1.02 bits per heavy atom. The Labute approximate surface area is 230 Å². The zero-order valence-electron chi connectivity index (χ0n) is 21.5. The average Bonchev–Trinajstić information content (AvgIpc) is 3.54. The first kappa shape index (κ1) is 22.3. The predicted octanol–water partition coefficient (Wildman–Crippen LogP) is 8.81. The molecule has 8 rings (SSSR count). The van der Waals surface area contributed by atoms with E-state index in [-0.39, 0.29) is 0 Å². The van der Waals surface area contributed by atoms with Crippen molar-refractivity contribution in [2.24, 2.45) is 0 Å². The second-order valence-electron chi connectivity index (χ2n) is 9.95. The summed E-state index contributed by atoms with van der Waals surface area (Å²) in [4.78, 5) is 4.85. The van der Waals surface area contributed by atoms with Crippen LogP contribution < -0.4 is 0 Å². The average molecular weight is 511 g/mol. The molecular formula is C36H22N4. The molecule has 0 radical (unpaired) electrons. The van der Waals surface area contributed by atoms with E-state index in [1.807, 2.05) is 30.5 Å². The van der Waals surface area contributed by atoms with Crippen LogP contribution in [0.2, 0.25) is 0 Å². The maximum atomic E-state index is 10.3. The number of pyridine rings is 1. The van der Waals surface area contributed by atoms with Crippen LogP contribution in [0.4, 0.5) is 0 Å². The normalized spacial score (nSPS) is 11.5. The number of fused-ring (bicyclic) bond motifs is 6. The summed E-state index contributed by atoms with van der Waals surface area (Å²) in [6.45, 7) is 0. The summed E-state index contributed by atoms with van der Waals surface area (Å²) in [5.74, 6) is 0. The summed E-state index contributed by atoms with van der Waals surface area (Å²) in [6, 6.07) is 46.3. The van der Waals surface area contributed by atoms with Crippen molar-refractivity contribution >= 4 is 43.6 Å². The summed E-state index contributed by atoms with van der Waals surface area (Å²) in [5, 5.41) is 15.0. The number of hydrogen-bond donors (Lipinski definition) is 0. The minimum absolute atomic E-state index is 0.605. The third kappa shape index (κ3) is 3.15. The maximum Gasteiger partial charge on any atom is 0.101 e. The van der Waals surface area contributed by atoms with Crippen molar-refractivity contribution < 1.29 is 0 Å². The summed E-state index contributed by atoms with van der Waals surface area (Å²) < 4.78 is 4.51. The molecule has 4 nitrogen and oxygen atoms in total. The van der Waals surface area contributed by atoms with Gasteiger partial charge in [-0.25, -0.2) is 0 Å². The molecule has 0 spiro atoms. The molecule has 0 saturated heterocycles. The molecule has 0 saturated carbocycles. The van der Waals surface area contributed by atoms with Crippen molar-refractivity contribution in [3.8, 4) is 28.7 Å². The van der Waals surface area contributed by atoms with E-state index >= 15 is 0 Å². The molecule has 3 heterocycles. The van der Waals surface area contributed by atoms with Crippen molar-refractivity contribution in [2.75, 3.05) is 0 Å². The van der Waals surface area contributed by atoms with Gasteiger partial charge in [-0.2, -0.15) is 5.26 Å². The van der Waals surface area contributed by atoms with Crippen molar-refractivity contribution in [1.82, 2.24) is 14.1 Å². The van der Waals surface area contributed by atoms with Gasteiger partial charge in [-0.1, -0.05) is 84.9 Å². The Bertz CT molecular complexity index is 2190. The predicted molar refractivity (Wildman–Crippen MR) is 163 cm³/mol. The third-order valence-corrected chi connectivity index (χ3v) is 7.82. The number of para-hydroxylation sites is 5. The van der Waals surface area contributed by atoms with E-state index < -0.39 is 0 Å². The molecule has 0 atom stereocenters. The quantitative estimate of drug-likeness (QED) is 0.238. The van der Waals surface area contributed by atoms with Gasteiger partial charge in [0.2, 0.25) is 0 Å². The van der Waals surface area contributed by atoms with Crippen LogP contribution in [0.15, 0.2) is 134 Å². The zero-order valence-corrected chi connectivity index (χ0v) is 21.5. The molecule has 0 aliphatic rings.